The minimum Gasteiger partial charge on any atom is -0.485 e. The molecule has 2 aromatic carbocycles. The average Bonchev–Trinajstić information content (AvgIpc) is 3.23. The normalized spacial score (nSPS) is 10.6. The highest BCUT2D eigenvalue weighted by Crippen LogP contribution is 2.22. The molecular weight excluding hydrogens is 464 g/mol. The maximum Gasteiger partial charge on any atom is 0.338 e. The third kappa shape index (κ3) is 7.45. The highest BCUT2D eigenvalue weighted by molar-refractivity contribution is 7.99. The number of ether oxygens (including phenoxy) is 2. The van der Waals surface area contributed by atoms with Gasteiger partial charge >= 0.3 is 5.97 Å². The third-order valence-electron chi connectivity index (χ3n) is 4.96. The number of hydrogen-bond acceptors (Lipinski definition) is 7. The molecule has 3 rings (SSSR count). The number of benzene rings is 2. The number of aryl methyl sites for hydroxylation is 2. The summed E-state index contributed by atoms with van der Waals surface area (Å²) in [5.41, 5.74) is 3.07. The van der Waals surface area contributed by atoms with Gasteiger partial charge in [0.05, 0.1) is 17.9 Å². The smallest absolute Gasteiger partial charge is 0.338 e. The van der Waals surface area contributed by atoms with Crippen molar-refractivity contribution in [2.24, 2.45) is 0 Å². The van der Waals surface area contributed by atoms with E-state index in [1.54, 1.807) is 30.3 Å². The van der Waals surface area contributed by atoms with Crippen LogP contribution in [0.3, 0.4) is 0 Å². The molecule has 0 radical (unpaired) electrons. The number of nitrogens with one attached hydrogen (secondary N) is 1. The van der Waals surface area contributed by atoms with Crippen LogP contribution in [0.15, 0.2) is 60.3 Å². The predicted octanol–water partition coefficient (Wildman–Crippen LogP) is 4.96. The molecule has 0 aliphatic carbocycles. The molecule has 0 fully saturated rings. The van der Waals surface area contributed by atoms with E-state index in [0.717, 1.165) is 23.3 Å². The topological polar surface area (TPSA) is 95.3 Å². The van der Waals surface area contributed by atoms with Crippen LogP contribution in [-0.2, 0) is 22.7 Å². The van der Waals surface area contributed by atoms with Gasteiger partial charge in [-0.05, 0) is 55.7 Å². The minimum atomic E-state index is -0.412. The van der Waals surface area contributed by atoms with Crippen LogP contribution >= 0.6 is 11.8 Å². The molecule has 3 aromatic rings. The fourth-order valence-corrected chi connectivity index (χ4v) is 3.95. The van der Waals surface area contributed by atoms with E-state index in [2.05, 4.69) is 22.1 Å². The number of aromatic nitrogens is 3. The SMILES string of the molecule is C=CCn1c(COc2cc(C)ccc2C)nnc1SCC(=O)Nc1cccc(C(=O)OCCC)c1. The van der Waals surface area contributed by atoms with Crippen LogP contribution in [0.4, 0.5) is 5.69 Å². The van der Waals surface area contributed by atoms with Gasteiger partial charge in [0.1, 0.15) is 12.4 Å². The Morgan fingerprint density at radius 3 is 2.77 bits per heavy atom. The summed E-state index contributed by atoms with van der Waals surface area (Å²) >= 11 is 1.27. The fourth-order valence-electron chi connectivity index (χ4n) is 3.18. The Hall–Kier alpha value is -3.59. The summed E-state index contributed by atoms with van der Waals surface area (Å²) in [7, 11) is 0. The molecule has 9 heteroatoms. The first-order chi connectivity index (χ1) is 16.9. The number of hydrogen-bond donors (Lipinski definition) is 1. The van der Waals surface area contributed by atoms with Crippen molar-refractivity contribution in [1.29, 1.82) is 0 Å². The van der Waals surface area contributed by atoms with Crippen molar-refractivity contribution in [3.63, 3.8) is 0 Å². The van der Waals surface area contributed by atoms with E-state index in [1.807, 2.05) is 43.5 Å². The molecule has 0 saturated carbocycles. The van der Waals surface area contributed by atoms with E-state index in [-0.39, 0.29) is 18.3 Å². The van der Waals surface area contributed by atoms with Crippen LogP contribution in [-0.4, -0.2) is 39.0 Å². The molecule has 8 nitrogen and oxygen atoms in total. The lowest BCUT2D eigenvalue weighted by Crippen LogP contribution is -2.15. The number of amides is 1. The molecule has 0 spiro atoms. The van der Waals surface area contributed by atoms with E-state index >= 15 is 0 Å². The lowest BCUT2D eigenvalue weighted by Gasteiger charge is -2.11. The molecule has 1 amide bonds. The zero-order valence-electron chi connectivity index (χ0n) is 20.2. The number of anilines is 1. The molecule has 0 aliphatic rings. The summed E-state index contributed by atoms with van der Waals surface area (Å²) in [4.78, 5) is 24.6. The van der Waals surface area contributed by atoms with Crippen LogP contribution in [0.1, 0.15) is 40.7 Å². The number of thioether (sulfide) groups is 1. The number of carbonyl (C=O) groups is 2. The van der Waals surface area contributed by atoms with Crippen molar-refractivity contribution in [1.82, 2.24) is 14.8 Å². The predicted molar refractivity (Wildman–Crippen MR) is 137 cm³/mol. The van der Waals surface area contributed by atoms with Crippen LogP contribution < -0.4 is 10.1 Å². The Balaban J connectivity index is 1.60. The monoisotopic (exact) mass is 494 g/mol. The molecule has 1 heterocycles. The second-order valence-corrected chi connectivity index (χ2v) is 8.85. The first-order valence-corrected chi connectivity index (χ1v) is 12.3. The summed E-state index contributed by atoms with van der Waals surface area (Å²) in [6.45, 7) is 10.8. The molecule has 0 saturated heterocycles. The zero-order chi connectivity index (χ0) is 25.2. The third-order valence-corrected chi connectivity index (χ3v) is 5.92. The molecule has 184 valence electrons. The Kier molecular flexibility index (Phi) is 9.48. The number of carbonyl (C=O) groups excluding carboxylic acids is 2. The Morgan fingerprint density at radius 2 is 2.00 bits per heavy atom. The standard InChI is InChI=1S/C26H30N4O4S/c1-5-12-30-23(16-34-22-14-18(3)10-11-19(22)4)28-29-26(30)35-17-24(31)27-21-9-7-8-20(15-21)25(32)33-13-6-2/h5,7-11,14-15H,1,6,12-13,16-17H2,2-4H3,(H,27,31). The molecule has 1 aromatic heterocycles. The Morgan fingerprint density at radius 1 is 1.17 bits per heavy atom. The molecule has 35 heavy (non-hydrogen) atoms. The van der Waals surface area contributed by atoms with Crippen molar-refractivity contribution in [3.8, 4) is 5.75 Å². The number of allylic oxidation sites excluding steroid dienone is 1. The van der Waals surface area contributed by atoms with Crippen molar-refractivity contribution in [2.75, 3.05) is 17.7 Å². The summed E-state index contributed by atoms with van der Waals surface area (Å²) in [5.74, 6) is 0.929. The molecule has 1 N–H and O–H groups in total. The van der Waals surface area contributed by atoms with E-state index < -0.39 is 5.97 Å². The van der Waals surface area contributed by atoms with E-state index in [4.69, 9.17) is 9.47 Å². The van der Waals surface area contributed by atoms with Gasteiger partial charge in [-0.3, -0.25) is 9.36 Å². The van der Waals surface area contributed by atoms with Gasteiger partial charge in [0.15, 0.2) is 11.0 Å². The summed E-state index contributed by atoms with van der Waals surface area (Å²) in [6, 6.07) is 12.7. The molecule has 0 atom stereocenters. The Bertz CT molecular complexity index is 1190. The van der Waals surface area contributed by atoms with Crippen molar-refractivity contribution >= 4 is 29.3 Å². The molecule has 0 aliphatic heterocycles. The average molecular weight is 495 g/mol. The first-order valence-electron chi connectivity index (χ1n) is 11.3. The highest BCUT2D eigenvalue weighted by atomic mass is 32.2. The van der Waals surface area contributed by atoms with E-state index in [1.165, 1.54) is 11.8 Å². The maximum atomic E-state index is 12.5. The van der Waals surface area contributed by atoms with E-state index in [0.29, 0.717) is 35.4 Å². The van der Waals surface area contributed by atoms with Gasteiger partial charge in [-0.15, -0.1) is 16.8 Å². The summed E-state index contributed by atoms with van der Waals surface area (Å²) in [6.07, 6.45) is 2.49. The molecule has 0 unspecified atom stereocenters. The second-order valence-electron chi connectivity index (χ2n) is 7.91. The lowest BCUT2D eigenvalue weighted by molar-refractivity contribution is -0.113. The van der Waals surface area contributed by atoms with Gasteiger partial charge in [-0.2, -0.15) is 0 Å². The van der Waals surface area contributed by atoms with Gasteiger partial charge in [-0.25, -0.2) is 4.79 Å². The minimum absolute atomic E-state index is 0.123. The second kappa shape index (κ2) is 12.8. The van der Waals surface area contributed by atoms with Crippen LogP contribution in [0.5, 0.6) is 5.75 Å². The Labute approximate surface area is 209 Å². The van der Waals surface area contributed by atoms with Crippen LogP contribution in [0.25, 0.3) is 0 Å². The van der Waals surface area contributed by atoms with Gasteiger partial charge in [0, 0.05) is 12.2 Å². The fraction of sp³-hybridized carbons (Fsp3) is 0.308. The van der Waals surface area contributed by atoms with E-state index in [9.17, 15) is 9.59 Å². The molecule has 0 bridgehead atoms. The first kappa shape index (κ1) is 26.0. The van der Waals surface area contributed by atoms with Crippen LogP contribution in [0.2, 0.25) is 0 Å². The van der Waals surface area contributed by atoms with Crippen molar-refractivity contribution < 1.29 is 19.1 Å². The zero-order valence-corrected chi connectivity index (χ0v) is 21.1. The molecular formula is C26H30N4O4S. The highest BCUT2D eigenvalue weighted by Gasteiger charge is 2.15. The number of rotatable bonds is 12. The lowest BCUT2D eigenvalue weighted by atomic mass is 10.1. The quantitative estimate of drug-likeness (QED) is 0.216. The summed E-state index contributed by atoms with van der Waals surface area (Å²) < 4.78 is 13.0. The van der Waals surface area contributed by atoms with Crippen molar-refractivity contribution in [2.45, 2.75) is 45.5 Å². The number of nitrogens with zero attached hydrogens (tertiary/aromatic N) is 3. The van der Waals surface area contributed by atoms with Gasteiger partial charge in [0.2, 0.25) is 5.91 Å². The maximum absolute atomic E-state index is 12.5. The summed E-state index contributed by atoms with van der Waals surface area (Å²) in [5, 5.41) is 11.9. The van der Waals surface area contributed by atoms with Gasteiger partial charge < -0.3 is 14.8 Å². The van der Waals surface area contributed by atoms with Gasteiger partial charge in [0.25, 0.3) is 0 Å². The van der Waals surface area contributed by atoms with Crippen molar-refractivity contribution in [3.05, 3.63) is 77.6 Å². The number of esters is 1. The van der Waals surface area contributed by atoms with Gasteiger partial charge in [-0.1, -0.05) is 43.0 Å². The largest absolute Gasteiger partial charge is 0.485 e. The van der Waals surface area contributed by atoms with Crippen LogP contribution in [0, 0.1) is 13.8 Å².